The number of aromatic nitrogens is 1. The summed E-state index contributed by atoms with van der Waals surface area (Å²) in [5.41, 5.74) is 1.08. The molecule has 2 aromatic heterocycles. The highest BCUT2D eigenvalue weighted by Crippen LogP contribution is 2.59. The maximum atomic E-state index is 13.7. The van der Waals surface area contributed by atoms with Crippen molar-refractivity contribution in [1.29, 1.82) is 0 Å². The third kappa shape index (κ3) is 4.25. The second-order valence-electron chi connectivity index (χ2n) is 8.06. The highest BCUT2D eigenvalue weighted by atomic mass is 32.3. The minimum absolute atomic E-state index is 0.0429. The number of nitrogens with one attached hydrogen (secondary N) is 2. The Hall–Kier alpha value is -3.68. The Kier molecular flexibility index (Phi) is 6.28. The van der Waals surface area contributed by atoms with E-state index >= 15 is 0 Å². The summed E-state index contributed by atoms with van der Waals surface area (Å²) in [5, 5.41) is 27.8. The largest absolute Gasteiger partial charge is 0.506 e. The number of carbonyl (C=O) groups excluding carboxylic acids is 1. The molecule has 0 fully saturated rings. The van der Waals surface area contributed by atoms with Gasteiger partial charge in [-0.25, -0.2) is 0 Å². The van der Waals surface area contributed by atoms with Gasteiger partial charge in [-0.05, 0) is 23.1 Å². The molecule has 0 saturated carbocycles. The van der Waals surface area contributed by atoms with Gasteiger partial charge < -0.3 is 25.4 Å². The van der Waals surface area contributed by atoms with E-state index in [0.717, 1.165) is 16.9 Å². The number of hydrogen-bond acceptors (Lipinski definition) is 9. The molecule has 10 nitrogen and oxygen atoms in total. The molecule has 3 heterocycles. The van der Waals surface area contributed by atoms with E-state index in [1.165, 1.54) is 4.57 Å². The van der Waals surface area contributed by atoms with Crippen molar-refractivity contribution in [3.8, 4) is 5.75 Å². The topological polar surface area (TPSA) is 156 Å². The zero-order chi connectivity index (χ0) is 25.4. The highest BCUT2D eigenvalue weighted by Gasteiger charge is 2.33. The molecule has 6 N–H and O–H groups in total. The van der Waals surface area contributed by atoms with Gasteiger partial charge in [0, 0.05) is 17.5 Å². The Morgan fingerprint density at radius 2 is 1.83 bits per heavy atom. The molecule has 4 aromatic rings. The number of fused-ring (bicyclic) bond motifs is 2. The van der Waals surface area contributed by atoms with Crippen LogP contribution in [-0.4, -0.2) is 42.2 Å². The molecular weight excluding hydrogens is 504 g/mol. The molecule has 5 rings (SSSR count). The fourth-order valence-corrected chi connectivity index (χ4v) is 6.75. The number of para-hydroxylation sites is 1. The number of carbonyl (C=O) groups is 1. The number of aliphatic hydroxyl groups is 1. The Morgan fingerprint density at radius 1 is 1.11 bits per heavy atom. The van der Waals surface area contributed by atoms with Crippen molar-refractivity contribution in [3.63, 3.8) is 0 Å². The lowest BCUT2D eigenvalue weighted by molar-refractivity contribution is -0.123. The van der Waals surface area contributed by atoms with Crippen LogP contribution >= 0.6 is 22.1 Å². The number of aliphatic hydroxyl groups excluding tert-OH is 1. The normalized spacial score (nSPS) is 15.0. The van der Waals surface area contributed by atoms with Crippen LogP contribution in [0.3, 0.4) is 0 Å². The number of hydrogen-bond donors (Lipinski definition) is 6. The van der Waals surface area contributed by atoms with Crippen molar-refractivity contribution in [2.24, 2.45) is 4.40 Å². The predicted octanol–water partition coefficient (Wildman–Crippen LogP) is 3.32. The molecule has 0 aliphatic carbocycles. The number of amidine groups is 1. The van der Waals surface area contributed by atoms with Gasteiger partial charge in [0.25, 0.3) is 5.56 Å². The summed E-state index contributed by atoms with van der Waals surface area (Å²) in [6.45, 7) is -0.506. The van der Waals surface area contributed by atoms with E-state index in [1.807, 2.05) is 30.3 Å². The SMILES string of the molecule is O=C(CO)NCc1csc2c1S(O)(O)N=C(c1c(O)c3ccccc3n(Cc3ccccc3)c1=O)N2. The summed E-state index contributed by atoms with van der Waals surface area (Å²) in [6, 6.07) is 16.3. The molecule has 1 aliphatic heterocycles. The first-order valence-electron chi connectivity index (χ1n) is 10.8. The summed E-state index contributed by atoms with van der Waals surface area (Å²) >= 11 is 1.14. The average Bonchev–Trinajstić information content (AvgIpc) is 3.29. The second kappa shape index (κ2) is 9.41. The van der Waals surface area contributed by atoms with Crippen LogP contribution in [0.1, 0.15) is 16.7 Å². The number of aromatic hydroxyl groups is 1. The van der Waals surface area contributed by atoms with Gasteiger partial charge in [-0.2, -0.15) is 0 Å². The molecule has 1 aliphatic rings. The Morgan fingerprint density at radius 3 is 2.58 bits per heavy atom. The van der Waals surface area contributed by atoms with Crippen LogP contribution in [0.25, 0.3) is 10.9 Å². The Labute approximate surface area is 210 Å². The molecule has 0 atom stereocenters. The van der Waals surface area contributed by atoms with Crippen LogP contribution in [-0.2, 0) is 17.9 Å². The van der Waals surface area contributed by atoms with Crippen molar-refractivity contribution in [2.45, 2.75) is 18.0 Å². The molecule has 0 radical (unpaired) electrons. The maximum Gasteiger partial charge on any atom is 0.266 e. The zero-order valence-electron chi connectivity index (χ0n) is 18.7. The lowest BCUT2D eigenvalue weighted by Crippen LogP contribution is -2.32. The number of amides is 1. The van der Waals surface area contributed by atoms with Crippen molar-refractivity contribution < 1.29 is 24.1 Å². The van der Waals surface area contributed by atoms with Crippen LogP contribution in [0.4, 0.5) is 5.00 Å². The first-order valence-corrected chi connectivity index (χ1v) is 13.2. The van der Waals surface area contributed by atoms with Crippen LogP contribution in [0.15, 0.2) is 74.1 Å². The average molecular weight is 527 g/mol. The first kappa shape index (κ1) is 24.0. The summed E-state index contributed by atoms with van der Waals surface area (Å²) in [7, 11) is -3.78. The third-order valence-electron chi connectivity index (χ3n) is 5.73. The Balaban J connectivity index is 1.62. The van der Waals surface area contributed by atoms with E-state index in [1.54, 1.807) is 29.6 Å². The monoisotopic (exact) mass is 526 g/mol. The molecule has 12 heteroatoms. The number of nitrogens with zero attached hydrogens (tertiary/aromatic N) is 2. The number of pyridine rings is 1. The van der Waals surface area contributed by atoms with Gasteiger partial charge in [0.15, 0.2) is 5.84 Å². The molecule has 2 aromatic carbocycles. The fourth-order valence-electron chi connectivity index (χ4n) is 4.08. The molecule has 0 saturated heterocycles. The Bertz CT molecular complexity index is 1560. The van der Waals surface area contributed by atoms with E-state index in [9.17, 15) is 23.8 Å². The summed E-state index contributed by atoms with van der Waals surface area (Å²) < 4.78 is 27.4. The van der Waals surface area contributed by atoms with Gasteiger partial charge in [0.05, 0.1) is 12.1 Å². The summed E-state index contributed by atoms with van der Waals surface area (Å²) in [4.78, 5) is 25.2. The molecule has 36 heavy (non-hydrogen) atoms. The lowest BCUT2D eigenvalue weighted by Gasteiger charge is -2.33. The highest BCUT2D eigenvalue weighted by molar-refractivity contribution is 8.23. The van der Waals surface area contributed by atoms with Crippen molar-refractivity contribution in [2.75, 3.05) is 11.9 Å². The first-order chi connectivity index (χ1) is 17.3. The minimum Gasteiger partial charge on any atom is -0.506 e. The van der Waals surface area contributed by atoms with Crippen LogP contribution < -0.4 is 16.2 Å². The second-order valence-corrected chi connectivity index (χ2v) is 10.6. The van der Waals surface area contributed by atoms with Crippen LogP contribution in [0.5, 0.6) is 5.75 Å². The summed E-state index contributed by atoms with van der Waals surface area (Å²) in [5.74, 6) is -1.10. The predicted molar refractivity (Wildman–Crippen MR) is 140 cm³/mol. The van der Waals surface area contributed by atoms with E-state index in [2.05, 4.69) is 15.0 Å². The number of thiophene rings is 1. The molecule has 0 spiro atoms. The molecule has 0 bridgehead atoms. The van der Waals surface area contributed by atoms with E-state index in [-0.39, 0.29) is 35.1 Å². The summed E-state index contributed by atoms with van der Waals surface area (Å²) in [6.07, 6.45) is 0. The number of rotatable bonds is 6. The van der Waals surface area contributed by atoms with Crippen molar-refractivity contribution in [1.82, 2.24) is 9.88 Å². The minimum atomic E-state index is -3.78. The maximum absolute atomic E-state index is 13.7. The van der Waals surface area contributed by atoms with E-state index in [4.69, 9.17) is 5.11 Å². The van der Waals surface area contributed by atoms with Gasteiger partial charge in [-0.15, -0.1) is 15.7 Å². The van der Waals surface area contributed by atoms with Gasteiger partial charge >= 0.3 is 0 Å². The smallest absolute Gasteiger partial charge is 0.266 e. The van der Waals surface area contributed by atoms with Crippen molar-refractivity contribution >= 4 is 49.8 Å². The fraction of sp³-hybridized carbons (Fsp3) is 0.125. The van der Waals surface area contributed by atoms with E-state index in [0.29, 0.717) is 21.5 Å². The van der Waals surface area contributed by atoms with E-state index < -0.39 is 28.8 Å². The van der Waals surface area contributed by atoms with Crippen molar-refractivity contribution in [3.05, 3.63) is 87.0 Å². The van der Waals surface area contributed by atoms with Gasteiger partial charge in [-0.3, -0.25) is 18.7 Å². The standard InChI is InChI=1S/C24H22N4O6S2/c29-12-18(30)25-10-15-13-35-23-21(15)36(33,34)27-22(26-23)19-20(31)16-8-4-5-9-17(16)28(24(19)32)11-14-6-2-1-3-7-14/h1-9,13,29,31,33-34H,10-12H2,(H,25,30)(H,26,27). The lowest BCUT2D eigenvalue weighted by atomic mass is 10.1. The number of anilines is 1. The molecule has 186 valence electrons. The van der Waals surface area contributed by atoms with Gasteiger partial charge in [0.1, 0.15) is 27.8 Å². The van der Waals surface area contributed by atoms with Gasteiger partial charge in [0.2, 0.25) is 5.91 Å². The quantitative estimate of drug-likeness (QED) is 0.225. The number of benzene rings is 2. The van der Waals surface area contributed by atoms with Crippen LogP contribution in [0.2, 0.25) is 0 Å². The molecule has 1 amide bonds. The molecule has 0 unspecified atom stereocenters. The zero-order valence-corrected chi connectivity index (χ0v) is 20.3. The van der Waals surface area contributed by atoms with Crippen LogP contribution in [0, 0.1) is 0 Å². The third-order valence-corrected chi connectivity index (χ3v) is 8.25. The van der Waals surface area contributed by atoms with Gasteiger partial charge in [-0.1, -0.05) is 53.2 Å². The molecular formula is C24H22N4O6S2.